The van der Waals surface area contributed by atoms with Gasteiger partial charge in [0.2, 0.25) is 0 Å². The highest BCUT2D eigenvalue weighted by atomic mass is 35.5. The van der Waals surface area contributed by atoms with Crippen molar-refractivity contribution < 1.29 is 9.13 Å². The van der Waals surface area contributed by atoms with E-state index in [1.54, 1.807) is 12.1 Å². The summed E-state index contributed by atoms with van der Waals surface area (Å²) in [4.78, 5) is 0. The number of hydrogen-bond donors (Lipinski definition) is 0. The Kier molecular flexibility index (Phi) is 3.76. The van der Waals surface area contributed by atoms with Crippen LogP contribution in [0.25, 0.3) is 0 Å². The van der Waals surface area contributed by atoms with Gasteiger partial charge in [0.15, 0.2) is 0 Å². The lowest BCUT2D eigenvalue weighted by Crippen LogP contribution is -2.07. The largest absolute Gasteiger partial charge is 0.497 e. The number of benzene rings is 1. The molecule has 14 heavy (non-hydrogen) atoms. The van der Waals surface area contributed by atoms with Crippen LogP contribution < -0.4 is 4.74 Å². The second-order valence-electron chi connectivity index (χ2n) is 3.35. The van der Waals surface area contributed by atoms with Crippen LogP contribution in [0.4, 0.5) is 4.39 Å². The third-order valence-corrected chi connectivity index (χ3v) is 2.77. The molecule has 0 fully saturated rings. The fourth-order valence-electron chi connectivity index (χ4n) is 1.25. The van der Waals surface area contributed by atoms with Crippen molar-refractivity contribution >= 4 is 11.6 Å². The van der Waals surface area contributed by atoms with E-state index in [-0.39, 0.29) is 17.1 Å². The number of halogens is 2. The lowest BCUT2D eigenvalue weighted by molar-refractivity contribution is 0.410. The molecule has 0 bridgehead atoms. The van der Waals surface area contributed by atoms with Crippen LogP contribution in [0.2, 0.25) is 0 Å². The maximum absolute atomic E-state index is 13.5. The molecular formula is C11H14ClFO. The molecule has 0 aliphatic rings. The monoisotopic (exact) mass is 216 g/mol. The van der Waals surface area contributed by atoms with Crippen molar-refractivity contribution in [1.29, 1.82) is 0 Å². The lowest BCUT2D eigenvalue weighted by Gasteiger charge is -2.15. The van der Waals surface area contributed by atoms with Gasteiger partial charge in [-0.3, -0.25) is 0 Å². The summed E-state index contributed by atoms with van der Waals surface area (Å²) in [7, 11) is 1.52. The summed E-state index contributed by atoms with van der Waals surface area (Å²) in [6.45, 7) is 3.76. The van der Waals surface area contributed by atoms with Gasteiger partial charge in [-0.1, -0.05) is 13.0 Å². The Morgan fingerprint density at radius 3 is 2.43 bits per heavy atom. The minimum absolute atomic E-state index is 0.00238. The highest BCUT2D eigenvalue weighted by Gasteiger charge is 2.16. The van der Waals surface area contributed by atoms with Crippen LogP contribution in [0.15, 0.2) is 18.2 Å². The Morgan fingerprint density at radius 2 is 2.00 bits per heavy atom. The molecule has 0 heterocycles. The zero-order valence-corrected chi connectivity index (χ0v) is 9.31. The van der Waals surface area contributed by atoms with E-state index in [4.69, 9.17) is 16.3 Å². The first kappa shape index (κ1) is 11.3. The van der Waals surface area contributed by atoms with Crippen LogP contribution in [0.3, 0.4) is 0 Å². The summed E-state index contributed by atoms with van der Waals surface area (Å²) < 4.78 is 18.4. The number of rotatable bonds is 3. The van der Waals surface area contributed by atoms with Crippen molar-refractivity contribution in [3.8, 4) is 5.75 Å². The topological polar surface area (TPSA) is 9.23 Å². The third kappa shape index (κ3) is 2.38. The van der Waals surface area contributed by atoms with E-state index in [1.165, 1.54) is 13.2 Å². The van der Waals surface area contributed by atoms with E-state index < -0.39 is 0 Å². The van der Waals surface area contributed by atoms with E-state index in [2.05, 4.69) is 0 Å². The van der Waals surface area contributed by atoms with Gasteiger partial charge in [-0.2, -0.15) is 0 Å². The van der Waals surface area contributed by atoms with Crippen molar-refractivity contribution in [2.24, 2.45) is 0 Å². The Morgan fingerprint density at radius 1 is 1.36 bits per heavy atom. The minimum atomic E-state index is -0.260. The molecule has 1 aromatic rings. The molecule has 2 atom stereocenters. The van der Waals surface area contributed by atoms with E-state index in [0.29, 0.717) is 11.3 Å². The average molecular weight is 217 g/mol. The van der Waals surface area contributed by atoms with Crippen molar-refractivity contribution in [2.45, 2.75) is 25.1 Å². The standard InChI is InChI=1S/C11H14ClFO/c1-7(8(2)12)10-5-4-9(14-3)6-11(10)13/h4-8H,1-3H3. The second-order valence-corrected chi connectivity index (χ2v) is 4.04. The molecule has 1 rings (SSSR count). The normalized spacial score (nSPS) is 14.9. The zero-order valence-electron chi connectivity index (χ0n) is 8.55. The van der Waals surface area contributed by atoms with Gasteiger partial charge in [-0.05, 0) is 18.6 Å². The smallest absolute Gasteiger partial charge is 0.130 e. The summed E-state index contributed by atoms with van der Waals surface area (Å²) in [5, 5.41) is -0.0853. The fraction of sp³-hybridized carbons (Fsp3) is 0.455. The van der Waals surface area contributed by atoms with Gasteiger partial charge in [-0.15, -0.1) is 11.6 Å². The van der Waals surface area contributed by atoms with Gasteiger partial charge >= 0.3 is 0 Å². The Hall–Kier alpha value is -0.760. The first-order valence-corrected chi connectivity index (χ1v) is 4.97. The highest BCUT2D eigenvalue weighted by molar-refractivity contribution is 6.20. The SMILES string of the molecule is COc1ccc(C(C)C(C)Cl)c(F)c1. The molecule has 0 radical (unpaired) electrons. The van der Waals surface area contributed by atoms with Gasteiger partial charge in [-0.25, -0.2) is 4.39 Å². The molecule has 1 aromatic carbocycles. The van der Waals surface area contributed by atoms with Crippen molar-refractivity contribution in [1.82, 2.24) is 0 Å². The van der Waals surface area contributed by atoms with Crippen LogP contribution in [0, 0.1) is 5.82 Å². The molecule has 1 nitrogen and oxygen atoms in total. The predicted molar refractivity (Wildman–Crippen MR) is 56.7 cm³/mol. The zero-order chi connectivity index (χ0) is 10.7. The molecule has 0 amide bonds. The number of ether oxygens (including phenoxy) is 1. The maximum atomic E-state index is 13.5. The molecule has 2 unspecified atom stereocenters. The highest BCUT2D eigenvalue weighted by Crippen LogP contribution is 2.27. The molecule has 78 valence electrons. The summed E-state index contributed by atoms with van der Waals surface area (Å²) in [6.07, 6.45) is 0. The number of methoxy groups -OCH3 is 1. The summed E-state index contributed by atoms with van der Waals surface area (Å²) in [5.41, 5.74) is 0.633. The molecule has 0 saturated carbocycles. The van der Waals surface area contributed by atoms with Gasteiger partial charge in [0.05, 0.1) is 7.11 Å². The first-order valence-electron chi connectivity index (χ1n) is 4.53. The second kappa shape index (κ2) is 4.65. The molecule has 0 saturated heterocycles. The van der Waals surface area contributed by atoms with Crippen molar-refractivity contribution in [3.05, 3.63) is 29.6 Å². The summed E-state index contributed by atoms with van der Waals surface area (Å²) >= 11 is 5.91. The first-order chi connectivity index (χ1) is 6.56. The molecule has 0 aromatic heterocycles. The summed E-state index contributed by atoms with van der Waals surface area (Å²) in [5.74, 6) is 0.271. The van der Waals surface area contributed by atoms with Gasteiger partial charge < -0.3 is 4.74 Å². The lowest BCUT2D eigenvalue weighted by atomic mass is 9.98. The average Bonchev–Trinajstić information content (AvgIpc) is 2.16. The molecule has 3 heteroatoms. The van der Waals surface area contributed by atoms with E-state index in [1.807, 2.05) is 13.8 Å². The molecule has 0 aliphatic carbocycles. The van der Waals surface area contributed by atoms with Crippen molar-refractivity contribution in [2.75, 3.05) is 7.11 Å². The fourth-order valence-corrected chi connectivity index (χ4v) is 1.39. The van der Waals surface area contributed by atoms with E-state index in [9.17, 15) is 4.39 Å². The van der Waals surface area contributed by atoms with Gasteiger partial charge in [0.25, 0.3) is 0 Å². The molecule has 0 spiro atoms. The van der Waals surface area contributed by atoms with E-state index in [0.717, 1.165) is 0 Å². The maximum Gasteiger partial charge on any atom is 0.130 e. The minimum Gasteiger partial charge on any atom is -0.497 e. The molecule has 0 aliphatic heterocycles. The summed E-state index contributed by atoms with van der Waals surface area (Å²) in [6, 6.07) is 4.84. The Labute approximate surface area is 88.8 Å². The van der Waals surface area contributed by atoms with Crippen molar-refractivity contribution in [3.63, 3.8) is 0 Å². The van der Waals surface area contributed by atoms with Crippen LogP contribution in [0.5, 0.6) is 5.75 Å². The van der Waals surface area contributed by atoms with Crippen LogP contribution in [-0.2, 0) is 0 Å². The number of hydrogen-bond acceptors (Lipinski definition) is 1. The molecule has 0 N–H and O–H groups in total. The van der Waals surface area contributed by atoms with Crippen LogP contribution >= 0.6 is 11.6 Å². The molecular weight excluding hydrogens is 203 g/mol. The quantitative estimate of drug-likeness (QED) is 0.702. The van der Waals surface area contributed by atoms with Crippen LogP contribution in [0.1, 0.15) is 25.3 Å². The van der Waals surface area contributed by atoms with E-state index >= 15 is 0 Å². The number of alkyl halides is 1. The predicted octanol–water partition coefficient (Wildman–Crippen LogP) is 3.57. The van der Waals surface area contributed by atoms with Crippen LogP contribution in [-0.4, -0.2) is 12.5 Å². The van der Waals surface area contributed by atoms with Gasteiger partial charge in [0, 0.05) is 17.4 Å². The van der Waals surface area contributed by atoms with Gasteiger partial charge in [0.1, 0.15) is 11.6 Å². The third-order valence-electron chi connectivity index (χ3n) is 2.39. The Balaban J connectivity index is 2.99. The Bertz CT molecular complexity index is 312.